The molecule has 4 aromatic carbocycles. The van der Waals surface area contributed by atoms with Crippen LogP contribution in [0.4, 0.5) is 0 Å². The van der Waals surface area contributed by atoms with Crippen molar-refractivity contribution < 1.29 is 23.1 Å². The number of hydrogen-bond acceptors (Lipinski definition) is 6. The van der Waals surface area contributed by atoms with Gasteiger partial charge in [-0.1, -0.05) is 116 Å². The third kappa shape index (κ3) is 6.84. The largest absolute Gasteiger partial charge is 0.512 e. The predicted octanol–water partition coefficient (Wildman–Crippen LogP) is 7.81. The highest BCUT2D eigenvalue weighted by Gasteiger charge is 2.44. The molecular weight excluding hydrogens is 609 g/mol. The Morgan fingerprint density at radius 1 is 0.830 bits per heavy atom. The van der Waals surface area contributed by atoms with Crippen molar-refractivity contribution in [3.05, 3.63) is 143 Å². The number of primary sulfonamides is 1. The van der Waals surface area contributed by atoms with Gasteiger partial charge >= 0.3 is 5.97 Å². The number of rotatable bonds is 11. The van der Waals surface area contributed by atoms with Crippen molar-refractivity contribution in [1.82, 2.24) is 4.98 Å². The van der Waals surface area contributed by atoms with Crippen LogP contribution in [0.25, 0.3) is 22.0 Å². The minimum atomic E-state index is -4.29. The van der Waals surface area contributed by atoms with E-state index < -0.39 is 27.5 Å². The van der Waals surface area contributed by atoms with E-state index in [1.54, 1.807) is 24.3 Å². The number of sulfonamides is 1. The van der Waals surface area contributed by atoms with E-state index in [-0.39, 0.29) is 22.8 Å². The van der Waals surface area contributed by atoms with Crippen molar-refractivity contribution in [3.8, 4) is 11.1 Å². The number of aromatic nitrogens is 1. The number of nitrogens with zero attached hydrogens (tertiary/aromatic N) is 1. The van der Waals surface area contributed by atoms with E-state index in [2.05, 4.69) is 4.98 Å². The monoisotopic (exact) mass is 646 g/mol. The molecule has 47 heavy (non-hydrogen) atoms. The molecule has 1 aromatic heterocycles. The number of carbonyl (C=O) groups is 1. The van der Waals surface area contributed by atoms with E-state index in [4.69, 9.17) is 9.88 Å². The van der Waals surface area contributed by atoms with E-state index in [1.165, 1.54) is 0 Å². The van der Waals surface area contributed by atoms with Crippen LogP contribution in [0, 0.1) is 0 Å². The van der Waals surface area contributed by atoms with Gasteiger partial charge in [0.05, 0.1) is 11.1 Å². The standard InChI is InChI=1S/C39H38N2O5S/c1-2-30(35-31-20-12-13-21-32(31)41-37(47(40,44)45)34(35)29-18-10-5-11-19-29)36-33(42)26-39(46-38(36)43,24-22-27-14-6-3-7-15-27)25-23-28-16-8-4-9-17-28/h3-21,30,42H,2,22-26H2,1H3,(H2,40,44,45). The summed E-state index contributed by atoms with van der Waals surface area (Å²) in [5.41, 5.74) is 3.34. The lowest BCUT2D eigenvalue weighted by Crippen LogP contribution is -2.42. The summed E-state index contributed by atoms with van der Waals surface area (Å²) in [5, 5.41) is 18.1. The molecule has 0 amide bonds. The van der Waals surface area contributed by atoms with Gasteiger partial charge in [0.1, 0.15) is 11.4 Å². The average molecular weight is 647 g/mol. The molecule has 1 aliphatic heterocycles. The van der Waals surface area contributed by atoms with Gasteiger partial charge in [-0.2, -0.15) is 0 Å². The van der Waals surface area contributed by atoms with E-state index in [1.807, 2.05) is 97.9 Å². The fourth-order valence-electron chi connectivity index (χ4n) is 6.81. The number of para-hydroxylation sites is 1. The molecule has 0 aliphatic carbocycles. The Morgan fingerprint density at radius 2 is 1.36 bits per heavy atom. The van der Waals surface area contributed by atoms with E-state index >= 15 is 0 Å². The van der Waals surface area contributed by atoms with Gasteiger partial charge in [0.25, 0.3) is 10.0 Å². The zero-order valence-corrected chi connectivity index (χ0v) is 27.1. The first-order valence-electron chi connectivity index (χ1n) is 15.9. The number of aliphatic hydroxyl groups is 1. The zero-order valence-electron chi connectivity index (χ0n) is 26.3. The van der Waals surface area contributed by atoms with Gasteiger partial charge in [0.15, 0.2) is 5.03 Å². The molecule has 0 fully saturated rings. The lowest BCUT2D eigenvalue weighted by atomic mass is 9.77. The Kier molecular flexibility index (Phi) is 9.25. The van der Waals surface area contributed by atoms with Gasteiger partial charge in [-0.05, 0) is 60.4 Å². The Balaban J connectivity index is 1.49. The van der Waals surface area contributed by atoms with E-state index in [0.717, 1.165) is 11.1 Å². The van der Waals surface area contributed by atoms with Crippen LogP contribution >= 0.6 is 0 Å². The lowest BCUT2D eigenvalue weighted by Gasteiger charge is -2.39. The van der Waals surface area contributed by atoms with Crippen molar-refractivity contribution >= 4 is 26.9 Å². The van der Waals surface area contributed by atoms with Crippen LogP contribution in [-0.2, 0) is 32.4 Å². The second-order valence-corrected chi connectivity index (χ2v) is 13.7. The summed E-state index contributed by atoms with van der Waals surface area (Å²) in [6.45, 7) is 1.91. The van der Waals surface area contributed by atoms with Crippen LogP contribution in [0.15, 0.2) is 132 Å². The number of pyridine rings is 1. The molecule has 0 radical (unpaired) electrons. The quantitative estimate of drug-likeness (QED) is 0.141. The second kappa shape index (κ2) is 13.5. The fourth-order valence-corrected chi connectivity index (χ4v) is 7.54. The number of aryl methyl sites for hydroxylation is 2. The average Bonchev–Trinajstić information content (AvgIpc) is 3.08. The summed E-state index contributed by atoms with van der Waals surface area (Å²) < 4.78 is 32.6. The number of nitrogens with two attached hydrogens (primary N) is 1. The van der Waals surface area contributed by atoms with Gasteiger partial charge in [0.2, 0.25) is 0 Å². The lowest BCUT2D eigenvalue weighted by molar-refractivity contribution is -0.161. The Morgan fingerprint density at radius 3 is 1.89 bits per heavy atom. The van der Waals surface area contributed by atoms with E-state index in [9.17, 15) is 18.3 Å². The highest BCUT2D eigenvalue weighted by atomic mass is 32.2. The summed E-state index contributed by atoms with van der Waals surface area (Å²) in [5.74, 6) is -1.34. The maximum atomic E-state index is 14.3. The number of esters is 1. The molecule has 0 spiro atoms. The number of aliphatic hydroxyl groups excluding tert-OH is 1. The number of cyclic esters (lactones) is 1. The summed E-state index contributed by atoms with van der Waals surface area (Å²) in [6, 6.07) is 36.3. The first kappa shape index (κ1) is 32.2. The molecule has 0 saturated carbocycles. The van der Waals surface area contributed by atoms with Crippen LogP contribution in [0.1, 0.15) is 55.2 Å². The van der Waals surface area contributed by atoms with Crippen LogP contribution in [-0.4, -0.2) is 30.1 Å². The van der Waals surface area contributed by atoms with Gasteiger partial charge in [0, 0.05) is 23.3 Å². The SMILES string of the molecule is CCC(C1=C(O)CC(CCc2ccccc2)(CCc2ccccc2)OC1=O)c1c(-c2ccccc2)c(S(N)(=O)=O)nc2ccccc12. The van der Waals surface area contributed by atoms with Gasteiger partial charge in [-0.25, -0.2) is 23.3 Å². The van der Waals surface area contributed by atoms with E-state index in [0.29, 0.717) is 59.7 Å². The van der Waals surface area contributed by atoms with Gasteiger partial charge in [-0.3, -0.25) is 0 Å². The molecule has 1 aliphatic rings. The molecule has 2 heterocycles. The van der Waals surface area contributed by atoms with Crippen molar-refractivity contribution in [1.29, 1.82) is 0 Å². The van der Waals surface area contributed by atoms with Crippen LogP contribution in [0.5, 0.6) is 0 Å². The molecule has 6 rings (SSSR count). The number of benzene rings is 4. The molecule has 5 aromatic rings. The first-order valence-corrected chi connectivity index (χ1v) is 17.5. The third-order valence-corrected chi connectivity index (χ3v) is 9.92. The molecule has 0 saturated heterocycles. The van der Waals surface area contributed by atoms with Gasteiger partial charge in [-0.15, -0.1) is 0 Å². The Bertz CT molecular complexity index is 1980. The fraction of sp³-hybridized carbons (Fsp3) is 0.231. The maximum absolute atomic E-state index is 14.3. The van der Waals surface area contributed by atoms with Crippen LogP contribution < -0.4 is 5.14 Å². The molecule has 1 atom stereocenters. The molecular formula is C39H38N2O5S. The maximum Gasteiger partial charge on any atom is 0.338 e. The smallest absolute Gasteiger partial charge is 0.338 e. The summed E-state index contributed by atoms with van der Waals surface area (Å²) in [4.78, 5) is 18.8. The molecule has 1 unspecified atom stereocenters. The highest BCUT2D eigenvalue weighted by molar-refractivity contribution is 7.89. The van der Waals surface area contributed by atoms with Crippen molar-refractivity contribution in [2.45, 2.75) is 62.0 Å². The number of fused-ring (bicyclic) bond motifs is 1. The van der Waals surface area contributed by atoms with Crippen LogP contribution in [0.3, 0.4) is 0 Å². The Hall–Kier alpha value is -4.79. The number of hydrogen-bond donors (Lipinski definition) is 2. The summed E-state index contributed by atoms with van der Waals surface area (Å²) in [7, 11) is -4.29. The number of carbonyl (C=O) groups excluding carboxylic acids is 1. The molecule has 8 heteroatoms. The summed E-state index contributed by atoms with van der Waals surface area (Å²) >= 11 is 0. The van der Waals surface area contributed by atoms with Crippen LogP contribution in [0.2, 0.25) is 0 Å². The van der Waals surface area contributed by atoms with Crippen molar-refractivity contribution in [2.24, 2.45) is 5.14 Å². The van der Waals surface area contributed by atoms with Gasteiger partial charge < -0.3 is 9.84 Å². The minimum absolute atomic E-state index is 0.0358. The number of ether oxygens (including phenoxy) is 1. The van der Waals surface area contributed by atoms with Crippen molar-refractivity contribution in [2.75, 3.05) is 0 Å². The molecule has 7 nitrogen and oxygen atoms in total. The minimum Gasteiger partial charge on any atom is -0.512 e. The molecule has 240 valence electrons. The zero-order chi connectivity index (χ0) is 33.0. The molecule has 0 bridgehead atoms. The topological polar surface area (TPSA) is 120 Å². The second-order valence-electron chi connectivity index (χ2n) is 12.2. The molecule has 3 N–H and O–H groups in total. The third-order valence-electron chi connectivity index (χ3n) is 9.09. The normalized spacial score (nSPS) is 15.4. The first-order chi connectivity index (χ1) is 22.7. The van der Waals surface area contributed by atoms with Crippen molar-refractivity contribution in [3.63, 3.8) is 0 Å². The Labute approximate surface area is 275 Å². The highest BCUT2D eigenvalue weighted by Crippen LogP contribution is 2.47. The predicted molar refractivity (Wildman–Crippen MR) is 184 cm³/mol. The summed E-state index contributed by atoms with van der Waals surface area (Å²) in [6.07, 6.45) is 2.95.